The van der Waals surface area contributed by atoms with E-state index in [1.54, 1.807) is 0 Å². The smallest absolute Gasteiger partial charge is 0.325 e. The van der Waals surface area contributed by atoms with E-state index >= 15 is 0 Å². The second-order valence-electron chi connectivity index (χ2n) is 7.29. The molecule has 4 rings (SSSR count). The minimum Gasteiger partial charge on any atom is -0.352 e. The van der Waals surface area contributed by atoms with Gasteiger partial charge in [-0.3, -0.25) is 14.5 Å². The summed E-state index contributed by atoms with van der Waals surface area (Å²) in [5, 5.41) is 5.83. The van der Waals surface area contributed by atoms with Crippen molar-refractivity contribution in [1.82, 2.24) is 15.5 Å². The number of nitrogens with zero attached hydrogens (tertiary/aromatic N) is 1. The number of amides is 4. The predicted molar refractivity (Wildman–Crippen MR) is 91.7 cm³/mol. The summed E-state index contributed by atoms with van der Waals surface area (Å²) >= 11 is 0. The van der Waals surface area contributed by atoms with Crippen molar-refractivity contribution in [2.24, 2.45) is 0 Å². The third kappa shape index (κ3) is 2.69. The van der Waals surface area contributed by atoms with Crippen LogP contribution in [-0.2, 0) is 21.5 Å². The molecule has 6 heteroatoms. The fourth-order valence-electron chi connectivity index (χ4n) is 4.44. The van der Waals surface area contributed by atoms with Gasteiger partial charge in [-0.25, -0.2) is 4.79 Å². The number of hydrogen-bond acceptors (Lipinski definition) is 3. The first-order valence-electron chi connectivity index (χ1n) is 9.12. The van der Waals surface area contributed by atoms with Crippen LogP contribution in [0.4, 0.5) is 4.79 Å². The fraction of sp³-hybridized carbons (Fsp3) is 0.526. The number of nitrogens with one attached hydrogen (secondary N) is 2. The maximum absolute atomic E-state index is 13.1. The van der Waals surface area contributed by atoms with E-state index in [0.29, 0.717) is 6.42 Å². The highest BCUT2D eigenvalue weighted by molar-refractivity contribution is 6.09. The van der Waals surface area contributed by atoms with E-state index in [9.17, 15) is 14.4 Å². The molecule has 2 aliphatic carbocycles. The maximum Gasteiger partial charge on any atom is 0.325 e. The highest BCUT2D eigenvalue weighted by Gasteiger charge is 2.54. The van der Waals surface area contributed by atoms with Crippen molar-refractivity contribution >= 4 is 17.8 Å². The number of fused-ring (bicyclic) bond motifs is 2. The Balaban J connectivity index is 1.54. The van der Waals surface area contributed by atoms with Gasteiger partial charge in [-0.1, -0.05) is 37.1 Å². The molecule has 6 nitrogen and oxygen atoms in total. The number of carbonyl (C=O) groups is 3. The number of carbonyl (C=O) groups excluding carboxylic acids is 3. The summed E-state index contributed by atoms with van der Waals surface area (Å²) in [4.78, 5) is 38.9. The normalized spacial score (nSPS) is 26.0. The Kier molecular flexibility index (Phi) is 3.98. The summed E-state index contributed by atoms with van der Waals surface area (Å²) in [6.45, 7) is -0.203. The van der Waals surface area contributed by atoms with Crippen molar-refractivity contribution < 1.29 is 14.4 Å². The molecule has 4 amide bonds. The lowest BCUT2D eigenvalue weighted by atomic mass is 9.76. The lowest BCUT2D eigenvalue weighted by Crippen LogP contribution is -2.47. The van der Waals surface area contributed by atoms with E-state index in [-0.39, 0.29) is 24.4 Å². The van der Waals surface area contributed by atoms with E-state index in [2.05, 4.69) is 10.6 Å². The van der Waals surface area contributed by atoms with Crippen LogP contribution in [0.2, 0.25) is 0 Å². The molecule has 1 saturated heterocycles. The number of aryl methyl sites for hydroxylation is 1. The minimum absolute atomic E-state index is 0.178. The summed E-state index contributed by atoms with van der Waals surface area (Å²) in [7, 11) is 0. The lowest BCUT2D eigenvalue weighted by Gasteiger charge is -2.33. The first kappa shape index (κ1) is 16.1. The van der Waals surface area contributed by atoms with Crippen molar-refractivity contribution in [3.8, 4) is 0 Å². The van der Waals surface area contributed by atoms with Gasteiger partial charge in [0.25, 0.3) is 5.91 Å². The van der Waals surface area contributed by atoms with Gasteiger partial charge in [0.15, 0.2) is 0 Å². The minimum atomic E-state index is -1.00. The van der Waals surface area contributed by atoms with Crippen LogP contribution in [0.5, 0.6) is 0 Å². The van der Waals surface area contributed by atoms with Gasteiger partial charge >= 0.3 is 6.03 Å². The molecule has 1 unspecified atom stereocenters. The molecule has 0 radical (unpaired) electrons. The molecular weight excluding hydrogens is 318 g/mol. The summed E-state index contributed by atoms with van der Waals surface area (Å²) in [5.41, 5.74) is 0.970. The van der Waals surface area contributed by atoms with Gasteiger partial charge in [-0.2, -0.15) is 0 Å². The molecule has 1 saturated carbocycles. The molecule has 1 spiro atoms. The van der Waals surface area contributed by atoms with Crippen molar-refractivity contribution in [1.29, 1.82) is 0 Å². The predicted octanol–water partition coefficient (Wildman–Crippen LogP) is 1.83. The van der Waals surface area contributed by atoms with Crippen LogP contribution in [0, 0.1) is 0 Å². The standard InChI is InChI=1S/C19H23N3O3/c23-16(20-14-8-2-3-9-14)12-22-17(24)19(21-18(22)25)11-5-7-13-6-1-4-10-15(13)19/h1,4,6,10,14H,2-3,5,7-9,11-12H2,(H,20,23)(H,21,25). The molecule has 1 aromatic rings. The Labute approximate surface area is 147 Å². The fourth-order valence-corrected chi connectivity index (χ4v) is 4.44. The Hall–Kier alpha value is -2.37. The Morgan fingerprint density at radius 3 is 2.76 bits per heavy atom. The Morgan fingerprint density at radius 1 is 1.20 bits per heavy atom. The monoisotopic (exact) mass is 341 g/mol. The highest BCUT2D eigenvalue weighted by Crippen LogP contribution is 2.39. The van der Waals surface area contributed by atoms with Gasteiger partial charge in [-0.05, 0) is 43.2 Å². The molecule has 132 valence electrons. The van der Waals surface area contributed by atoms with Crippen LogP contribution in [0.25, 0.3) is 0 Å². The highest BCUT2D eigenvalue weighted by atomic mass is 16.2. The van der Waals surface area contributed by atoms with Crippen molar-refractivity contribution in [3.63, 3.8) is 0 Å². The molecule has 2 fully saturated rings. The van der Waals surface area contributed by atoms with E-state index < -0.39 is 11.6 Å². The summed E-state index contributed by atoms with van der Waals surface area (Å²) in [6.07, 6.45) is 6.51. The molecule has 1 aromatic carbocycles. The molecule has 1 aliphatic heterocycles. The third-order valence-corrected chi connectivity index (χ3v) is 5.67. The first-order chi connectivity index (χ1) is 12.1. The average molecular weight is 341 g/mol. The summed E-state index contributed by atoms with van der Waals surface area (Å²) < 4.78 is 0. The molecule has 1 heterocycles. The largest absolute Gasteiger partial charge is 0.352 e. The van der Waals surface area contributed by atoms with E-state index in [4.69, 9.17) is 0 Å². The number of benzene rings is 1. The zero-order valence-corrected chi connectivity index (χ0v) is 14.2. The molecule has 2 N–H and O–H groups in total. The second kappa shape index (κ2) is 6.17. The van der Waals surface area contributed by atoms with Crippen LogP contribution in [-0.4, -0.2) is 35.3 Å². The van der Waals surface area contributed by atoms with Crippen molar-refractivity contribution in [2.45, 2.75) is 56.5 Å². The van der Waals surface area contributed by atoms with Crippen LogP contribution < -0.4 is 10.6 Å². The number of hydrogen-bond donors (Lipinski definition) is 2. The maximum atomic E-state index is 13.1. The molecule has 25 heavy (non-hydrogen) atoms. The zero-order chi connectivity index (χ0) is 17.4. The third-order valence-electron chi connectivity index (χ3n) is 5.67. The van der Waals surface area contributed by atoms with Gasteiger partial charge in [0.2, 0.25) is 5.91 Å². The number of imide groups is 1. The average Bonchev–Trinajstić information content (AvgIpc) is 3.19. The second-order valence-corrected chi connectivity index (χ2v) is 7.29. The molecular formula is C19H23N3O3. The van der Waals surface area contributed by atoms with Gasteiger partial charge in [0.05, 0.1) is 0 Å². The van der Waals surface area contributed by atoms with Crippen molar-refractivity contribution in [3.05, 3.63) is 35.4 Å². The van der Waals surface area contributed by atoms with Gasteiger partial charge in [0.1, 0.15) is 12.1 Å². The van der Waals surface area contributed by atoms with Crippen LogP contribution >= 0.6 is 0 Å². The number of rotatable bonds is 3. The zero-order valence-electron chi connectivity index (χ0n) is 14.2. The molecule has 3 aliphatic rings. The van der Waals surface area contributed by atoms with E-state index in [1.165, 1.54) is 0 Å². The van der Waals surface area contributed by atoms with Gasteiger partial charge in [-0.15, -0.1) is 0 Å². The van der Waals surface area contributed by atoms with Crippen molar-refractivity contribution in [2.75, 3.05) is 6.54 Å². The van der Waals surface area contributed by atoms with Crippen LogP contribution in [0.1, 0.15) is 49.7 Å². The van der Waals surface area contributed by atoms with E-state index in [1.807, 2.05) is 24.3 Å². The summed E-state index contributed by atoms with van der Waals surface area (Å²) in [6, 6.07) is 7.47. The molecule has 0 aromatic heterocycles. The van der Waals surface area contributed by atoms with Crippen LogP contribution in [0.3, 0.4) is 0 Å². The van der Waals surface area contributed by atoms with Gasteiger partial charge < -0.3 is 10.6 Å². The Morgan fingerprint density at radius 2 is 1.96 bits per heavy atom. The van der Waals surface area contributed by atoms with Crippen LogP contribution in [0.15, 0.2) is 24.3 Å². The SMILES string of the molecule is O=C(CN1C(=O)NC2(CCCc3ccccc32)C1=O)NC1CCCC1. The Bertz CT molecular complexity index is 726. The molecule has 0 bridgehead atoms. The molecule has 1 atom stereocenters. The summed E-state index contributed by atoms with van der Waals surface area (Å²) in [5.74, 6) is -0.553. The lowest BCUT2D eigenvalue weighted by molar-refractivity contribution is -0.135. The van der Waals surface area contributed by atoms with Gasteiger partial charge in [0, 0.05) is 6.04 Å². The topological polar surface area (TPSA) is 78.5 Å². The first-order valence-corrected chi connectivity index (χ1v) is 9.12. The quantitative estimate of drug-likeness (QED) is 0.823. The number of urea groups is 1. The van der Waals surface area contributed by atoms with E-state index in [0.717, 1.165) is 54.6 Å².